The summed E-state index contributed by atoms with van der Waals surface area (Å²) in [5.41, 5.74) is 1.06. The molecular formula is C17H13F3N4O. The van der Waals surface area contributed by atoms with Crippen LogP contribution in [0.3, 0.4) is 0 Å². The van der Waals surface area contributed by atoms with Crippen molar-refractivity contribution in [1.29, 1.82) is 0 Å². The summed E-state index contributed by atoms with van der Waals surface area (Å²) in [4.78, 5) is 3.90. The molecular weight excluding hydrogens is 333 g/mol. The molecule has 0 unspecified atom stereocenters. The van der Waals surface area contributed by atoms with Gasteiger partial charge in [0.15, 0.2) is 0 Å². The average Bonchev–Trinajstić information content (AvgIpc) is 3.03. The third-order valence-electron chi connectivity index (χ3n) is 3.33. The number of aromatic amines is 1. The van der Waals surface area contributed by atoms with Crippen LogP contribution < -0.4 is 4.74 Å². The number of hydrogen-bond donors (Lipinski definition) is 1. The maximum Gasteiger partial charge on any atom is 0.416 e. The van der Waals surface area contributed by atoms with Gasteiger partial charge in [-0.15, -0.1) is 0 Å². The van der Waals surface area contributed by atoms with Crippen molar-refractivity contribution in [3.63, 3.8) is 0 Å². The zero-order valence-corrected chi connectivity index (χ0v) is 13.1. The van der Waals surface area contributed by atoms with E-state index in [1.54, 1.807) is 37.5 Å². The lowest BCUT2D eigenvalue weighted by Gasteiger charge is -2.10. The van der Waals surface area contributed by atoms with Crippen LogP contribution in [0.25, 0.3) is 11.3 Å². The first-order valence-corrected chi connectivity index (χ1v) is 7.26. The van der Waals surface area contributed by atoms with Gasteiger partial charge in [-0.3, -0.25) is 4.99 Å². The second-order valence-electron chi connectivity index (χ2n) is 5.10. The molecule has 1 heterocycles. The van der Waals surface area contributed by atoms with Gasteiger partial charge in [0.2, 0.25) is 0 Å². The minimum Gasteiger partial charge on any atom is -0.457 e. The third kappa shape index (κ3) is 3.85. The maximum atomic E-state index is 12.8. The summed E-state index contributed by atoms with van der Waals surface area (Å²) in [7, 11) is 1.62. The normalized spacial score (nSPS) is 11.8. The molecule has 0 amide bonds. The molecule has 0 aliphatic carbocycles. The minimum atomic E-state index is -4.42. The fourth-order valence-corrected chi connectivity index (χ4v) is 2.24. The lowest BCUT2D eigenvalue weighted by molar-refractivity contribution is -0.137. The highest BCUT2D eigenvalue weighted by Gasteiger charge is 2.30. The van der Waals surface area contributed by atoms with Gasteiger partial charge in [-0.2, -0.15) is 28.6 Å². The first-order chi connectivity index (χ1) is 12.0. The van der Waals surface area contributed by atoms with E-state index in [1.807, 2.05) is 0 Å². The van der Waals surface area contributed by atoms with Gasteiger partial charge in [0.1, 0.15) is 22.9 Å². The molecule has 3 aromatic rings. The fraction of sp³-hybridized carbons (Fsp3) is 0.118. The zero-order chi connectivity index (χ0) is 17.9. The first kappa shape index (κ1) is 16.7. The van der Waals surface area contributed by atoms with Crippen molar-refractivity contribution in [2.45, 2.75) is 6.18 Å². The molecule has 0 bridgehead atoms. The Kier molecular flexibility index (Phi) is 4.51. The van der Waals surface area contributed by atoms with Crippen LogP contribution in [-0.2, 0) is 6.18 Å². The summed E-state index contributed by atoms with van der Waals surface area (Å²) < 4.78 is 43.9. The van der Waals surface area contributed by atoms with Gasteiger partial charge >= 0.3 is 6.18 Å². The number of halogens is 3. The van der Waals surface area contributed by atoms with E-state index in [-0.39, 0.29) is 5.75 Å². The highest BCUT2D eigenvalue weighted by molar-refractivity contribution is 5.86. The third-order valence-corrected chi connectivity index (χ3v) is 3.33. The van der Waals surface area contributed by atoms with Crippen LogP contribution in [-0.4, -0.2) is 28.7 Å². The average molecular weight is 346 g/mol. The summed E-state index contributed by atoms with van der Waals surface area (Å²) in [5, 5.41) is 10.6. The number of ether oxygens (including phenoxy) is 1. The van der Waals surface area contributed by atoms with Crippen LogP contribution in [0.5, 0.6) is 11.5 Å². The van der Waals surface area contributed by atoms with Gasteiger partial charge in [-0.25, -0.2) is 0 Å². The molecule has 0 saturated heterocycles. The Morgan fingerprint density at radius 2 is 1.76 bits per heavy atom. The number of benzene rings is 2. The Labute approximate surface area is 141 Å². The summed E-state index contributed by atoms with van der Waals surface area (Å²) in [6.07, 6.45) is -2.87. The van der Waals surface area contributed by atoms with E-state index in [1.165, 1.54) is 12.1 Å². The molecule has 0 aliphatic rings. The molecule has 0 aliphatic heterocycles. The standard InChI is InChI=1S/C17H13F3N4O/c1-21-10-15-16(23-24-22-15)11-4-2-6-13(8-11)25-14-7-3-5-12(9-14)17(18,19)20/h2-10H,1H3,(H,22,23,24). The van der Waals surface area contributed by atoms with E-state index in [0.29, 0.717) is 22.7 Å². The summed E-state index contributed by atoms with van der Waals surface area (Å²) in [6.45, 7) is 0. The van der Waals surface area contributed by atoms with Gasteiger partial charge in [0.05, 0.1) is 11.8 Å². The number of rotatable bonds is 4. The topological polar surface area (TPSA) is 63.2 Å². The lowest BCUT2D eigenvalue weighted by Crippen LogP contribution is -2.04. The number of aliphatic imine (C=N–C) groups is 1. The number of aromatic nitrogens is 3. The second kappa shape index (κ2) is 6.76. The van der Waals surface area contributed by atoms with Crippen LogP contribution in [0.4, 0.5) is 13.2 Å². The number of nitrogens with zero attached hydrogens (tertiary/aromatic N) is 3. The largest absolute Gasteiger partial charge is 0.457 e. The number of nitrogens with one attached hydrogen (secondary N) is 1. The Bertz CT molecular complexity index is 903. The number of alkyl halides is 3. The van der Waals surface area contributed by atoms with E-state index in [9.17, 15) is 13.2 Å². The lowest BCUT2D eigenvalue weighted by atomic mass is 10.1. The Hall–Kier alpha value is -3.16. The van der Waals surface area contributed by atoms with Gasteiger partial charge in [0.25, 0.3) is 0 Å². The Morgan fingerprint density at radius 3 is 2.48 bits per heavy atom. The molecule has 0 saturated carbocycles. The zero-order valence-electron chi connectivity index (χ0n) is 13.1. The Morgan fingerprint density at radius 1 is 1.04 bits per heavy atom. The molecule has 25 heavy (non-hydrogen) atoms. The molecule has 0 fully saturated rings. The van der Waals surface area contributed by atoms with E-state index in [4.69, 9.17) is 4.74 Å². The molecule has 1 N–H and O–H groups in total. The van der Waals surface area contributed by atoms with E-state index in [2.05, 4.69) is 20.4 Å². The number of hydrogen-bond acceptors (Lipinski definition) is 4. The van der Waals surface area contributed by atoms with Gasteiger partial charge in [-0.1, -0.05) is 18.2 Å². The maximum absolute atomic E-state index is 12.8. The SMILES string of the molecule is CN=Cc1n[nH]nc1-c1cccc(Oc2cccc(C(F)(F)F)c2)c1. The van der Waals surface area contributed by atoms with Gasteiger partial charge in [0, 0.05) is 12.6 Å². The highest BCUT2D eigenvalue weighted by atomic mass is 19.4. The molecule has 0 atom stereocenters. The van der Waals surface area contributed by atoms with E-state index >= 15 is 0 Å². The van der Waals surface area contributed by atoms with Crippen molar-refractivity contribution >= 4 is 6.21 Å². The van der Waals surface area contributed by atoms with Crippen molar-refractivity contribution in [2.75, 3.05) is 7.05 Å². The second-order valence-corrected chi connectivity index (χ2v) is 5.10. The molecule has 5 nitrogen and oxygen atoms in total. The summed E-state index contributed by atoms with van der Waals surface area (Å²) in [5.74, 6) is 0.488. The highest BCUT2D eigenvalue weighted by Crippen LogP contribution is 2.33. The summed E-state index contributed by atoms with van der Waals surface area (Å²) in [6, 6.07) is 11.6. The first-order valence-electron chi connectivity index (χ1n) is 7.26. The predicted molar refractivity (Wildman–Crippen MR) is 86.9 cm³/mol. The van der Waals surface area contributed by atoms with Crippen LogP contribution in [0.15, 0.2) is 53.5 Å². The summed E-state index contributed by atoms with van der Waals surface area (Å²) >= 11 is 0. The molecule has 0 spiro atoms. The molecule has 3 rings (SSSR count). The van der Waals surface area contributed by atoms with Gasteiger partial charge in [-0.05, 0) is 30.3 Å². The molecule has 0 radical (unpaired) electrons. The molecule has 128 valence electrons. The smallest absolute Gasteiger partial charge is 0.416 e. The fourth-order valence-electron chi connectivity index (χ4n) is 2.24. The van der Waals surface area contributed by atoms with Crippen molar-refractivity contribution in [3.05, 3.63) is 59.8 Å². The van der Waals surface area contributed by atoms with Crippen molar-refractivity contribution in [3.8, 4) is 22.8 Å². The molecule has 1 aromatic heterocycles. The Balaban J connectivity index is 1.89. The predicted octanol–water partition coefficient (Wildman–Crippen LogP) is 4.33. The van der Waals surface area contributed by atoms with Crippen LogP contribution in [0.1, 0.15) is 11.3 Å². The van der Waals surface area contributed by atoms with E-state index < -0.39 is 11.7 Å². The molecule has 2 aromatic carbocycles. The minimum absolute atomic E-state index is 0.0995. The van der Waals surface area contributed by atoms with Crippen molar-refractivity contribution < 1.29 is 17.9 Å². The van der Waals surface area contributed by atoms with Crippen LogP contribution >= 0.6 is 0 Å². The van der Waals surface area contributed by atoms with Crippen molar-refractivity contribution in [2.24, 2.45) is 4.99 Å². The monoisotopic (exact) mass is 346 g/mol. The molecule has 8 heteroatoms. The van der Waals surface area contributed by atoms with Crippen LogP contribution in [0, 0.1) is 0 Å². The number of H-pyrrole nitrogens is 1. The van der Waals surface area contributed by atoms with Crippen LogP contribution in [0.2, 0.25) is 0 Å². The van der Waals surface area contributed by atoms with Gasteiger partial charge < -0.3 is 4.74 Å². The van der Waals surface area contributed by atoms with E-state index in [0.717, 1.165) is 12.1 Å². The van der Waals surface area contributed by atoms with Crippen molar-refractivity contribution in [1.82, 2.24) is 15.4 Å². The quantitative estimate of drug-likeness (QED) is 0.715.